The topological polar surface area (TPSA) is 55.3 Å². The van der Waals surface area contributed by atoms with Crippen LogP contribution in [0.25, 0.3) is 0 Å². The summed E-state index contributed by atoms with van der Waals surface area (Å²) >= 11 is 1.98. The van der Waals surface area contributed by atoms with E-state index in [-0.39, 0.29) is 10.7 Å². The second-order valence-corrected chi connectivity index (χ2v) is 8.54. The molecule has 4 rings (SSSR count). The zero-order chi connectivity index (χ0) is 15.7. The zero-order valence-electron chi connectivity index (χ0n) is 13.3. The standard InChI is InChI=1S/C17H23N3O2S/c21-16(15-8-18-5-6-19-15)20-11-17(12-20)7-14(10-23-17)22-9-13-3-1-2-4-13/h5-6,8,13-14H,1-4,7,9-12H2. The molecule has 0 bridgehead atoms. The smallest absolute Gasteiger partial charge is 0.274 e. The highest BCUT2D eigenvalue weighted by molar-refractivity contribution is 8.01. The third-order valence-corrected chi connectivity index (χ3v) is 6.82. The fraction of sp³-hybridized carbons (Fsp3) is 0.706. The molecule has 0 N–H and O–H groups in total. The van der Waals surface area contributed by atoms with Gasteiger partial charge in [0, 0.05) is 37.8 Å². The van der Waals surface area contributed by atoms with Gasteiger partial charge in [-0.15, -0.1) is 11.8 Å². The summed E-state index contributed by atoms with van der Waals surface area (Å²) in [5.41, 5.74) is 0.444. The van der Waals surface area contributed by atoms with Gasteiger partial charge in [0.1, 0.15) is 5.69 Å². The molecule has 1 unspecified atom stereocenters. The highest BCUT2D eigenvalue weighted by Crippen LogP contribution is 2.46. The summed E-state index contributed by atoms with van der Waals surface area (Å²) in [7, 11) is 0. The number of likely N-dealkylation sites (tertiary alicyclic amines) is 1. The molecule has 3 heterocycles. The third-order valence-electron chi connectivity index (χ3n) is 5.25. The van der Waals surface area contributed by atoms with Crippen LogP contribution >= 0.6 is 11.8 Å². The monoisotopic (exact) mass is 333 g/mol. The minimum atomic E-state index is -0.000325. The summed E-state index contributed by atoms with van der Waals surface area (Å²) in [5.74, 6) is 1.85. The van der Waals surface area contributed by atoms with Crippen LogP contribution < -0.4 is 0 Å². The van der Waals surface area contributed by atoms with Crippen molar-refractivity contribution in [2.45, 2.75) is 43.0 Å². The Kier molecular flexibility index (Phi) is 4.28. The number of hydrogen-bond donors (Lipinski definition) is 0. The molecule has 1 spiro atoms. The van der Waals surface area contributed by atoms with Crippen LogP contribution in [0, 0.1) is 5.92 Å². The van der Waals surface area contributed by atoms with Crippen LogP contribution in [0.15, 0.2) is 18.6 Å². The highest BCUT2D eigenvalue weighted by atomic mass is 32.2. The predicted molar refractivity (Wildman–Crippen MR) is 89.4 cm³/mol. The molecule has 1 aliphatic carbocycles. The molecule has 1 aromatic rings. The molecule has 23 heavy (non-hydrogen) atoms. The number of thioether (sulfide) groups is 1. The first kappa shape index (κ1) is 15.4. The maximum atomic E-state index is 12.3. The summed E-state index contributed by atoms with van der Waals surface area (Å²) < 4.78 is 6.37. The summed E-state index contributed by atoms with van der Waals surface area (Å²) in [6.45, 7) is 2.57. The van der Waals surface area contributed by atoms with E-state index in [1.807, 2.05) is 16.7 Å². The molecule has 124 valence electrons. The third kappa shape index (κ3) is 3.24. The van der Waals surface area contributed by atoms with E-state index in [1.54, 1.807) is 18.6 Å². The van der Waals surface area contributed by atoms with Crippen LogP contribution in [-0.4, -0.2) is 57.1 Å². The largest absolute Gasteiger partial charge is 0.377 e. The van der Waals surface area contributed by atoms with E-state index in [1.165, 1.54) is 25.7 Å². The number of nitrogens with zero attached hydrogens (tertiary/aromatic N) is 3. The van der Waals surface area contributed by atoms with E-state index in [0.29, 0.717) is 11.8 Å². The maximum Gasteiger partial charge on any atom is 0.274 e. The Morgan fingerprint density at radius 3 is 2.91 bits per heavy atom. The van der Waals surface area contributed by atoms with Gasteiger partial charge < -0.3 is 9.64 Å². The lowest BCUT2D eigenvalue weighted by Gasteiger charge is -2.47. The Bertz CT molecular complexity index is 556. The van der Waals surface area contributed by atoms with Gasteiger partial charge in [0.25, 0.3) is 5.91 Å². The molecular weight excluding hydrogens is 310 g/mol. The average molecular weight is 333 g/mol. The Morgan fingerprint density at radius 1 is 1.35 bits per heavy atom. The lowest BCUT2D eigenvalue weighted by atomic mass is 9.92. The minimum absolute atomic E-state index is 0.000325. The van der Waals surface area contributed by atoms with Crippen molar-refractivity contribution < 1.29 is 9.53 Å². The number of carbonyl (C=O) groups is 1. The van der Waals surface area contributed by atoms with E-state index in [2.05, 4.69) is 9.97 Å². The number of rotatable bonds is 4. The number of hydrogen-bond acceptors (Lipinski definition) is 5. The van der Waals surface area contributed by atoms with Crippen LogP contribution in [0.3, 0.4) is 0 Å². The second-order valence-electron chi connectivity index (χ2n) is 7.06. The van der Waals surface area contributed by atoms with Gasteiger partial charge in [0.05, 0.1) is 17.0 Å². The normalized spacial score (nSPS) is 26.6. The quantitative estimate of drug-likeness (QED) is 0.847. The van der Waals surface area contributed by atoms with Gasteiger partial charge >= 0.3 is 0 Å². The first-order valence-electron chi connectivity index (χ1n) is 8.55. The second kappa shape index (κ2) is 6.40. The molecule has 1 aromatic heterocycles. The summed E-state index contributed by atoms with van der Waals surface area (Å²) in [5, 5.41) is 0. The SMILES string of the molecule is O=C(c1cnccn1)N1CC2(CC(OCC3CCCC3)CS2)C1. The molecule has 6 heteroatoms. The van der Waals surface area contributed by atoms with E-state index < -0.39 is 0 Å². The molecule has 1 saturated carbocycles. The van der Waals surface area contributed by atoms with Crippen molar-refractivity contribution in [2.75, 3.05) is 25.4 Å². The van der Waals surface area contributed by atoms with Crippen LogP contribution in [-0.2, 0) is 4.74 Å². The highest BCUT2D eigenvalue weighted by Gasteiger charge is 2.51. The Hall–Kier alpha value is -1.14. The molecule has 2 saturated heterocycles. The van der Waals surface area contributed by atoms with Crippen molar-refractivity contribution in [2.24, 2.45) is 5.92 Å². The number of carbonyl (C=O) groups excluding carboxylic acids is 1. The van der Waals surface area contributed by atoms with Gasteiger partial charge in [-0.2, -0.15) is 0 Å². The lowest BCUT2D eigenvalue weighted by Crippen LogP contribution is -2.60. The van der Waals surface area contributed by atoms with Crippen LogP contribution in [0.5, 0.6) is 0 Å². The maximum absolute atomic E-state index is 12.3. The summed E-state index contributed by atoms with van der Waals surface area (Å²) in [6, 6.07) is 0. The van der Waals surface area contributed by atoms with Crippen LogP contribution in [0.2, 0.25) is 0 Å². The lowest BCUT2D eigenvalue weighted by molar-refractivity contribution is 0.0195. The van der Waals surface area contributed by atoms with E-state index in [0.717, 1.165) is 37.8 Å². The molecule has 0 radical (unpaired) electrons. The average Bonchev–Trinajstić information content (AvgIpc) is 3.21. The summed E-state index contributed by atoms with van der Waals surface area (Å²) in [4.78, 5) is 22.3. The Balaban J connectivity index is 1.25. The Morgan fingerprint density at radius 2 is 2.17 bits per heavy atom. The van der Waals surface area contributed by atoms with Crippen molar-refractivity contribution in [3.63, 3.8) is 0 Å². The first-order chi connectivity index (χ1) is 11.2. The number of amides is 1. The van der Waals surface area contributed by atoms with Crippen LogP contribution in [0.4, 0.5) is 0 Å². The van der Waals surface area contributed by atoms with Gasteiger partial charge in [-0.05, 0) is 25.2 Å². The fourth-order valence-corrected chi connectivity index (χ4v) is 5.50. The molecule has 2 aliphatic heterocycles. The molecule has 5 nitrogen and oxygen atoms in total. The molecular formula is C17H23N3O2S. The molecule has 3 fully saturated rings. The van der Waals surface area contributed by atoms with Gasteiger partial charge in [-0.3, -0.25) is 9.78 Å². The van der Waals surface area contributed by atoms with E-state index in [4.69, 9.17) is 4.74 Å². The fourth-order valence-electron chi connectivity index (χ4n) is 3.94. The minimum Gasteiger partial charge on any atom is -0.377 e. The number of aromatic nitrogens is 2. The molecule has 1 amide bonds. The van der Waals surface area contributed by atoms with Gasteiger partial charge in [0.2, 0.25) is 0 Å². The Labute approximate surface area is 141 Å². The van der Waals surface area contributed by atoms with Gasteiger partial charge in [0.15, 0.2) is 0 Å². The molecule has 1 atom stereocenters. The van der Waals surface area contributed by atoms with Crippen LogP contribution in [0.1, 0.15) is 42.6 Å². The zero-order valence-corrected chi connectivity index (χ0v) is 14.1. The molecule has 3 aliphatic rings. The van der Waals surface area contributed by atoms with Crippen molar-refractivity contribution in [1.29, 1.82) is 0 Å². The van der Waals surface area contributed by atoms with E-state index in [9.17, 15) is 4.79 Å². The first-order valence-corrected chi connectivity index (χ1v) is 9.54. The van der Waals surface area contributed by atoms with Crippen molar-refractivity contribution in [3.05, 3.63) is 24.3 Å². The van der Waals surface area contributed by atoms with Gasteiger partial charge in [-0.1, -0.05) is 12.8 Å². The van der Waals surface area contributed by atoms with Crippen molar-refractivity contribution >= 4 is 17.7 Å². The predicted octanol–water partition coefficient (Wildman–Crippen LogP) is 2.38. The van der Waals surface area contributed by atoms with Gasteiger partial charge in [-0.25, -0.2) is 4.98 Å². The van der Waals surface area contributed by atoms with Crippen molar-refractivity contribution in [3.8, 4) is 0 Å². The molecule has 0 aromatic carbocycles. The number of ether oxygens (including phenoxy) is 1. The van der Waals surface area contributed by atoms with Crippen molar-refractivity contribution in [1.82, 2.24) is 14.9 Å². The van der Waals surface area contributed by atoms with E-state index >= 15 is 0 Å². The summed E-state index contributed by atoms with van der Waals surface area (Å²) in [6.07, 6.45) is 11.6.